The summed E-state index contributed by atoms with van der Waals surface area (Å²) in [5.74, 6) is 2.15. The minimum atomic E-state index is -0.207. The van der Waals surface area contributed by atoms with Crippen LogP contribution in [0, 0.1) is 17.8 Å². The molecule has 2 nitrogen and oxygen atoms in total. The van der Waals surface area contributed by atoms with Gasteiger partial charge in [-0.1, -0.05) is 432 Å². The number of ether oxygens (including phenoxy) is 1. The molecule has 0 aromatic carbocycles. The van der Waals surface area contributed by atoms with Crippen LogP contribution in [-0.2, 0) is 9.53 Å². The van der Waals surface area contributed by atoms with Crippen LogP contribution >= 0.6 is 0 Å². The second-order valence-corrected chi connectivity index (χ2v) is 27.0. The highest BCUT2D eigenvalue weighted by Gasteiger charge is 2.13. The van der Waals surface area contributed by atoms with Crippen molar-refractivity contribution in [3.8, 4) is 0 Å². The average Bonchev–Trinajstić information content (AvgIpc) is 3.43. The second kappa shape index (κ2) is 67.0. The lowest BCUT2D eigenvalue weighted by molar-refractivity contribution is -0.140. The molecule has 0 saturated heterocycles. The highest BCUT2D eigenvalue weighted by atomic mass is 16.5. The monoisotopic (exact) mass is 1100 g/mol. The van der Waals surface area contributed by atoms with Crippen LogP contribution < -0.4 is 0 Å². The summed E-state index contributed by atoms with van der Waals surface area (Å²) in [6.07, 6.45) is 92.0. The van der Waals surface area contributed by atoms with Crippen molar-refractivity contribution in [2.45, 2.75) is 446 Å². The van der Waals surface area contributed by atoms with Gasteiger partial charge in [0.2, 0.25) is 0 Å². The zero-order chi connectivity index (χ0) is 56.6. The normalized spacial score (nSPS) is 12.9. The van der Waals surface area contributed by atoms with Crippen LogP contribution in [0.5, 0.6) is 0 Å². The van der Waals surface area contributed by atoms with Crippen molar-refractivity contribution in [1.82, 2.24) is 0 Å². The Morgan fingerprint density at radius 2 is 0.423 bits per heavy atom. The first-order chi connectivity index (χ1) is 38.4. The van der Waals surface area contributed by atoms with Crippen LogP contribution in [-0.4, -0.2) is 12.6 Å². The Bertz CT molecular complexity index is 1130. The van der Waals surface area contributed by atoms with Crippen LogP contribution in [0.4, 0.5) is 0 Å². The lowest BCUT2D eigenvalue weighted by Crippen LogP contribution is -2.15. The molecule has 0 heterocycles. The van der Waals surface area contributed by atoms with Crippen molar-refractivity contribution in [3.63, 3.8) is 0 Å². The maximum atomic E-state index is 12.2. The van der Waals surface area contributed by atoms with Gasteiger partial charge in [-0.05, 0) is 37.5 Å². The van der Waals surface area contributed by atoms with Crippen molar-refractivity contribution < 1.29 is 9.53 Å². The zero-order valence-electron chi connectivity index (χ0n) is 55.2. The van der Waals surface area contributed by atoms with Gasteiger partial charge in [0.1, 0.15) is 0 Å². The molecule has 0 bridgehead atoms. The first-order valence-corrected chi connectivity index (χ1v) is 37.2. The van der Waals surface area contributed by atoms with Crippen LogP contribution in [0.1, 0.15) is 446 Å². The third-order valence-electron chi connectivity index (χ3n) is 18.5. The standard InChI is InChI=1S/C76H150O2/c1-7-9-11-13-15-17-19-21-23-25-27-29-31-33-35-37-41-47-53-59-65-73(5)67-61-55-49-43-39-40-44-51-57-63-69-75(71-78-76(77)72(3)4)70-64-58-52-46-45-50-56-62-68-74(6)66-60-54-48-42-38-36-34-32-30-28-26-24-22-20-18-16-14-12-10-8-2/h73-75H,3,7-71H2,1-2,4-6H3. The van der Waals surface area contributed by atoms with Crippen molar-refractivity contribution in [2.75, 3.05) is 6.61 Å². The van der Waals surface area contributed by atoms with Gasteiger partial charge in [-0.3, -0.25) is 0 Å². The Kier molecular flexibility index (Phi) is 66.3. The fraction of sp³-hybridized carbons (Fsp3) is 0.961. The van der Waals surface area contributed by atoms with E-state index in [0.717, 1.165) is 11.8 Å². The van der Waals surface area contributed by atoms with Crippen molar-refractivity contribution in [3.05, 3.63) is 12.2 Å². The van der Waals surface area contributed by atoms with E-state index in [9.17, 15) is 4.79 Å². The fourth-order valence-corrected chi connectivity index (χ4v) is 12.7. The van der Waals surface area contributed by atoms with Gasteiger partial charge >= 0.3 is 5.97 Å². The van der Waals surface area contributed by atoms with E-state index in [-0.39, 0.29) is 5.97 Å². The Morgan fingerprint density at radius 1 is 0.269 bits per heavy atom. The van der Waals surface area contributed by atoms with E-state index in [0.29, 0.717) is 18.1 Å². The van der Waals surface area contributed by atoms with Crippen molar-refractivity contribution in [1.29, 1.82) is 0 Å². The van der Waals surface area contributed by atoms with Crippen LogP contribution in [0.3, 0.4) is 0 Å². The molecule has 466 valence electrons. The average molecular weight is 1100 g/mol. The molecular formula is C76H150O2. The molecule has 0 aliphatic carbocycles. The molecule has 0 aromatic rings. The van der Waals surface area contributed by atoms with E-state index < -0.39 is 0 Å². The SMILES string of the molecule is C=C(C)C(=O)OCC(CCCCCCCCCCCCC(C)CCCCCCCCCCCCCCCCCCCCCC)CCCCCCCCCCC(C)CCCCCCCCCCCCCCCCCCCCCC. The summed E-state index contributed by atoms with van der Waals surface area (Å²) in [6.45, 7) is 15.8. The molecule has 0 N–H and O–H groups in total. The van der Waals surface area contributed by atoms with Gasteiger partial charge < -0.3 is 4.74 Å². The number of rotatable bonds is 69. The molecular weight excluding hydrogens is 945 g/mol. The summed E-state index contributed by atoms with van der Waals surface area (Å²) >= 11 is 0. The van der Waals surface area contributed by atoms with Gasteiger partial charge in [0.15, 0.2) is 0 Å². The minimum absolute atomic E-state index is 0.207. The van der Waals surface area contributed by atoms with Crippen LogP contribution in [0.15, 0.2) is 12.2 Å². The predicted molar refractivity (Wildman–Crippen MR) is 354 cm³/mol. The Balaban J connectivity index is 3.63. The van der Waals surface area contributed by atoms with E-state index in [1.54, 1.807) is 6.92 Å². The number of esters is 1. The van der Waals surface area contributed by atoms with Gasteiger partial charge in [0, 0.05) is 5.57 Å². The quantitative estimate of drug-likeness (QED) is 0.0345. The molecule has 0 aromatic heterocycles. The molecule has 0 saturated carbocycles. The fourth-order valence-electron chi connectivity index (χ4n) is 12.7. The number of hydrogen-bond donors (Lipinski definition) is 0. The Morgan fingerprint density at radius 3 is 0.590 bits per heavy atom. The van der Waals surface area contributed by atoms with E-state index in [2.05, 4.69) is 34.3 Å². The number of carbonyl (C=O) groups is 1. The molecule has 2 heteroatoms. The van der Waals surface area contributed by atoms with E-state index in [1.807, 2.05) is 0 Å². The number of unbranched alkanes of at least 4 members (excludes halogenated alkanes) is 54. The van der Waals surface area contributed by atoms with Gasteiger partial charge in [0.25, 0.3) is 0 Å². The highest BCUT2D eigenvalue weighted by Crippen LogP contribution is 2.24. The minimum Gasteiger partial charge on any atom is -0.462 e. The largest absolute Gasteiger partial charge is 0.462 e. The third-order valence-corrected chi connectivity index (χ3v) is 18.5. The molecule has 0 amide bonds. The van der Waals surface area contributed by atoms with Gasteiger partial charge in [-0.15, -0.1) is 0 Å². The second-order valence-electron chi connectivity index (χ2n) is 27.0. The summed E-state index contributed by atoms with van der Waals surface area (Å²) in [6, 6.07) is 0. The molecule has 0 aliphatic rings. The van der Waals surface area contributed by atoms with E-state index >= 15 is 0 Å². The Hall–Kier alpha value is -0.790. The van der Waals surface area contributed by atoms with Gasteiger partial charge in [0.05, 0.1) is 6.61 Å². The van der Waals surface area contributed by atoms with Gasteiger partial charge in [-0.2, -0.15) is 0 Å². The molecule has 0 spiro atoms. The summed E-state index contributed by atoms with van der Waals surface area (Å²) in [5.41, 5.74) is 0.528. The molecule has 0 rings (SSSR count). The lowest BCUT2D eigenvalue weighted by Gasteiger charge is -2.17. The van der Waals surface area contributed by atoms with Crippen LogP contribution in [0.2, 0.25) is 0 Å². The molecule has 3 unspecified atom stereocenters. The molecule has 78 heavy (non-hydrogen) atoms. The molecule has 0 aliphatic heterocycles. The summed E-state index contributed by atoms with van der Waals surface area (Å²) in [7, 11) is 0. The van der Waals surface area contributed by atoms with Crippen molar-refractivity contribution >= 4 is 5.97 Å². The first kappa shape index (κ1) is 77.2. The smallest absolute Gasteiger partial charge is 0.333 e. The predicted octanol–water partition coefficient (Wildman–Crippen LogP) is 28.0. The number of carbonyl (C=O) groups excluding carboxylic acids is 1. The van der Waals surface area contributed by atoms with Crippen LogP contribution in [0.25, 0.3) is 0 Å². The zero-order valence-corrected chi connectivity index (χ0v) is 55.2. The maximum absolute atomic E-state index is 12.2. The lowest BCUT2D eigenvalue weighted by atomic mass is 9.94. The van der Waals surface area contributed by atoms with E-state index in [1.165, 1.54) is 411 Å². The highest BCUT2D eigenvalue weighted by molar-refractivity contribution is 5.86. The first-order valence-electron chi connectivity index (χ1n) is 37.2. The molecule has 0 radical (unpaired) electrons. The Labute approximate surface area is 495 Å². The maximum Gasteiger partial charge on any atom is 0.333 e. The molecule has 3 atom stereocenters. The van der Waals surface area contributed by atoms with Crippen molar-refractivity contribution in [2.24, 2.45) is 17.8 Å². The van der Waals surface area contributed by atoms with E-state index in [4.69, 9.17) is 4.74 Å². The topological polar surface area (TPSA) is 26.3 Å². The third kappa shape index (κ3) is 64.4. The summed E-state index contributed by atoms with van der Waals surface area (Å²) in [5, 5.41) is 0. The number of hydrogen-bond acceptors (Lipinski definition) is 2. The summed E-state index contributed by atoms with van der Waals surface area (Å²) < 4.78 is 5.68. The summed E-state index contributed by atoms with van der Waals surface area (Å²) in [4.78, 5) is 12.2. The van der Waals surface area contributed by atoms with Gasteiger partial charge in [-0.25, -0.2) is 4.79 Å². The molecule has 0 fully saturated rings.